The highest BCUT2D eigenvalue weighted by molar-refractivity contribution is 5.78. The first kappa shape index (κ1) is 14.5. The molecule has 0 aliphatic heterocycles. The highest BCUT2D eigenvalue weighted by Crippen LogP contribution is 2.31. The summed E-state index contributed by atoms with van der Waals surface area (Å²) in [6, 6.07) is 1.15. The van der Waals surface area contributed by atoms with Crippen LogP contribution in [0.1, 0.15) is 35.2 Å². The van der Waals surface area contributed by atoms with Gasteiger partial charge in [-0.15, -0.1) is 0 Å². The predicted octanol–water partition coefficient (Wildman–Crippen LogP) is 2.18. The van der Waals surface area contributed by atoms with E-state index in [1.165, 1.54) is 0 Å². The first-order valence-corrected chi connectivity index (χ1v) is 6.00. The number of nitrogens with two attached hydrogens (primary N) is 1. The molecule has 1 aromatic carbocycles. The highest BCUT2D eigenvalue weighted by atomic mass is 16.5. The number of aryl methyl sites for hydroxylation is 1. The van der Waals surface area contributed by atoms with Crippen molar-refractivity contribution in [1.82, 2.24) is 0 Å². The second kappa shape index (κ2) is 5.87. The van der Waals surface area contributed by atoms with Gasteiger partial charge in [-0.2, -0.15) is 0 Å². The van der Waals surface area contributed by atoms with Gasteiger partial charge in [0.25, 0.3) is 0 Å². The number of esters is 1. The Morgan fingerprint density at radius 3 is 2.44 bits per heavy atom. The van der Waals surface area contributed by atoms with Crippen LogP contribution in [0.2, 0.25) is 0 Å². The number of hydrogen-bond acceptors (Lipinski definition) is 4. The van der Waals surface area contributed by atoms with Gasteiger partial charge >= 0.3 is 5.97 Å². The third-order valence-corrected chi connectivity index (χ3v) is 3.15. The van der Waals surface area contributed by atoms with Crippen molar-refractivity contribution in [2.24, 2.45) is 5.73 Å². The molecule has 0 saturated heterocycles. The van der Waals surface area contributed by atoms with E-state index in [1.54, 1.807) is 14.0 Å². The van der Waals surface area contributed by atoms with Gasteiger partial charge in [-0.1, -0.05) is 0 Å². The Hall–Kier alpha value is -1.55. The van der Waals surface area contributed by atoms with Crippen molar-refractivity contribution >= 4 is 5.97 Å². The summed E-state index contributed by atoms with van der Waals surface area (Å²) in [5.74, 6) is 0.442. The summed E-state index contributed by atoms with van der Waals surface area (Å²) in [5.41, 5.74) is 9.68. The quantitative estimate of drug-likeness (QED) is 0.833. The molecule has 0 aliphatic rings. The highest BCUT2D eigenvalue weighted by Gasteiger charge is 2.22. The summed E-state index contributed by atoms with van der Waals surface area (Å²) in [6.45, 7) is 7.93. The molecule has 1 unspecified atom stereocenters. The molecule has 1 aromatic rings. The topological polar surface area (TPSA) is 61.5 Å². The summed E-state index contributed by atoms with van der Waals surface area (Å²) < 4.78 is 10.3. The lowest BCUT2D eigenvalue weighted by Gasteiger charge is -2.19. The van der Waals surface area contributed by atoms with Crippen LogP contribution in [0.4, 0.5) is 0 Å². The molecule has 4 nitrogen and oxygen atoms in total. The fourth-order valence-corrected chi connectivity index (χ4v) is 2.09. The SMILES string of the molecule is CCOC(=O)C(N)c1cc(C)c(OC)c(C)c1C. The van der Waals surface area contributed by atoms with Crippen LogP contribution in [0.15, 0.2) is 6.07 Å². The number of ether oxygens (including phenoxy) is 2. The Morgan fingerprint density at radius 2 is 1.94 bits per heavy atom. The number of carbonyl (C=O) groups is 1. The molecule has 4 heteroatoms. The van der Waals surface area contributed by atoms with E-state index < -0.39 is 12.0 Å². The van der Waals surface area contributed by atoms with Gasteiger partial charge in [-0.25, -0.2) is 4.79 Å². The van der Waals surface area contributed by atoms with Crippen LogP contribution in [0, 0.1) is 20.8 Å². The third-order valence-electron chi connectivity index (χ3n) is 3.15. The van der Waals surface area contributed by atoms with Crippen LogP contribution in [-0.4, -0.2) is 19.7 Å². The van der Waals surface area contributed by atoms with Crippen molar-refractivity contribution in [3.63, 3.8) is 0 Å². The lowest BCUT2D eigenvalue weighted by molar-refractivity contribution is -0.144. The maximum absolute atomic E-state index is 11.7. The molecule has 0 amide bonds. The van der Waals surface area contributed by atoms with Crippen molar-refractivity contribution < 1.29 is 14.3 Å². The van der Waals surface area contributed by atoms with Gasteiger partial charge in [0.15, 0.2) is 0 Å². The van der Waals surface area contributed by atoms with Gasteiger partial charge < -0.3 is 15.2 Å². The van der Waals surface area contributed by atoms with Crippen LogP contribution in [-0.2, 0) is 9.53 Å². The van der Waals surface area contributed by atoms with Crippen molar-refractivity contribution in [1.29, 1.82) is 0 Å². The molecular formula is C14H21NO3. The van der Waals surface area contributed by atoms with Gasteiger partial charge in [0, 0.05) is 0 Å². The van der Waals surface area contributed by atoms with Crippen LogP contribution in [0.3, 0.4) is 0 Å². The van der Waals surface area contributed by atoms with E-state index in [0.717, 1.165) is 28.0 Å². The first-order chi connectivity index (χ1) is 8.43. The molecule has 0 aliphatic carbocycles. The van der Waals surface area contributed by atoms with Crippen molar-refractivity contribution in [2.75, 3.05) is 13.7 Å². The molecule has 2 N–H and O–H groups in total. The monoisotopic (exact) mass is 251 g/mol. The molecule has 1 atom stereocenters. The van der Waals surface area contributed by atoms with Crippen LogP contribution in [0.5, 0.6) is 5.75 Å². The molecule has 0 aromatic heterocycles. The zero-order chi connectivity index (χ0) is 13.9. The Balaban J connectivity index is 3.22. The zero-order valence-electron chi connectivity index (χ0n) is 11.7. The number of benzene rings is 1. The first-order valence-electron chi connectivity index (χ1n) is 6.00. The van der Waals surface area contributed by atoms with Gasteiger partial charge in [-0.05, 0) is 56.0 Å². The Labute approximate surface area is 108 Å². The lowest BCUT2D eigenvalue weighted by atomic mass is 9.94. The van der Waals surface area contributed by atoms with E-state index >= 15 is 0 Å². The predicted molar refractivity (Wildman–Crippen MR) is 70.8 cm³/mol. The van der Waals surface area contributed by atoms with Gasteiger partial charge in [0.05, 0.1) is 13.7 Å². The van der Waals surface area contributed by atoms with Gasteiger partial charge in [0.2, 0.25) is 0 Å². The van der Waals surface area contributed by atoms with Crippen molar-refractivity contribution in [3.05, 3.63) is 28.3 Å². The molecule has 0 saturated carbocycles. The largest absolute Gasteiger partial charge is 0.496 e. The summed E-state index contributed by atoms with van der Waals surface area (Å²) in [6.07, 6.45) is 0. The summed E-state index contributed by atoms with van der Waals surface area (Å²) in [7, 11) is 1.64. The normalized spacial score (nSPS) is 12.1. The molecule has 18 heavy (non-hydrogen) atoms. The maximum Gasteiger partial charge on any atom is 0.327 e. The van der Waals surface area contributed by atoms with E-state index in [4.69, 9.17) is 15.2 Å². The van der Waals surface area contributed by atoms with Crippen LogP contribution in [0.25, 0.3) is 0 Å². The Bertz CT molecular complexity index is 455. The van der Waals surface area contributed by atoms with E-state index in [1.807, 2.05) is 26.8 Å². The average Bonchev–Trinajstić information content (AvgIpc) is 2.34. The standard InChI is InChI=1S/C14H21NO3/c1-6-18-14(16)12(15)11-7-8(2)13(17-5)10(4)9(11)3/h7,12H,6,15H2,1-5H3. The number of methoxy groups -OCH3 is 1. The Morgan fingerprint density at radius 1 is 1.33 bits per heavy atom. The molecule has 0 fully saturated rings. The fraction of sp³-hybridized carbons (Fsp3) is 0.500. The van der Waals surface area contributed by atoms with E-state index in [-0.39, 0.29) is 0 Å². The second-order valence-corrected chi connectivity index (χ2v) is 4.30. The van der Waals surface area contributed by atoms with Crippen molar-refractivity contribution in [3.8, 4) is 5.75 Å². The summed E-state index contributed by atoms with van der Waals surface area (Å²) >= 11 is 0. The molecule has 1 rings (SSSR count). The molecular weight excluding hydrogens is 230 g/mol. The smallest absolute Gasteiger partial charge is 0.327 e. The van der Waals surface area contributed by atoms with Gasteiger partial charge in [-0.3, -0.25) is 0 Å². The minimum absolute atomic E-state index is 0.333. The molecule has 100 valence electrons. The average molecular weight is 251 g/mol. The van der Waals surface area contributed by atoms with E-state index in [2.05, 4.69) is 0 Å². The molecule has 0 heterocycles. The lowest BCUT2D eigenvalue weighted by Crippen LogP contribution is -2.25. The Kier molecular flexibility index (Phi) is 4.73. The second-order valence-electron chi connectivity index (χ2n) is 4.30. The number of rotatable bonds is 4. The molecule has 0 radical (unpaired) electrons. The van der Waals surface area contributed by atoms with Crippen molar-refractivity contribution in [2.45, 2.75) is 33.7 Å². The number of hydrogen-bond donors (Lipinski definition) is 1. The third kappa shape index (κ3) is 2.64. The molecule has 0 bridgehead atoms. The zero-order valence-corrected chi connectivity index (χ0v) is 11.7. The van der Waals surface area contributed by atoms with Crippen LogP contribution < -0.4 is 10.5 Å². The minimum Gasteiger partial charge on any atom is -0.496 e. The van der Waals surface area contributed by atoms with Gasteiger partial charge in [0.1, 0.15) is 11.8 Å². The summed E-state index contributed by atoms with van der Waals surface area (Å²) in [5, 5.41) is 0. The fourth-order valence-electron chi connectivity index (χ4n) is 2.09. The minimum atomic E-state index is -0.742. The van der Waals surface area contributed by atoms with Crippen LogP contribution >= 0.6 is 0 Å². The maximum atomic E-state index is 11.7. The summed E-state index contributed by atoms with van der Waals surface area (Å²) in [4.78, 5) is 11.7. The molecule has 0 spiro atoms. The van der Waals surface area contributed by atoms with E-state index in [9.17, 15) is 4.79 Å². The van der Waals surface area contributed by atoms with E-state index in [0.29, 0.717) is 6.61 Å². The number of carbonyl (C=O) groups excluding carboxylic acids is 1.